The fraction of sp³-hybridized carbons (Fsp3) is 0.647. The summed E-state index contributed by atoms with van der Waals surface area (Å²) in [4.78, 5) is 26.4. The van der Waals surface area contributed by atoms with Gasteiger partial charge < -0.3 is 15.0 Å². The first kappa shape index (κ1) is 18.9. The number of hydrogen-bond acceptors (Lipinski definition) is 4. The fourth-order valence-electron chi connectivity index (χ4n) is 2.76. The molecule has 0 aliphatic carbocycles. The summed E-state index contributed by atoms with van der Waals surface area (Å²) >= 11 is 1.69. The van der Waals surface area contributed by atoms with Gasteiger partial charge in [-0.1, -0.05) is 6.07 Å². The van der Waals surface area contributed by atoms with Crippen LogP contribution in [-0.2, 0) is 16.1 Å². The van der Waals surface area contributed by atoms with Crippen LogP contribution in [-0.4, -0.2) is 43.3 Å². The Morgan fingerprint density at radius 3 is 2.79 bits per heavy atom. The summed E-state index contributed by atoms with van der Waals surface area (Å²) in [6, 6.07) is 3.64. The highest BCUT2D eigenvalue weighted by Gasteiger charge is 2.25. The van der Waals surface area contributed by atoms with Gasteiger partial charge in [0.15, 0.2) is 6.54 Å². The number of quaternary nitrogens is 1. The number of thiophene rings is 1. The van der Waals surface area contributed by atoms with Crippen LogP contribution in [0.3, 0.4) is 0 Å². The first-order valence-corrected chi connectivity index (χ1v) is 9.29. The number of rotatable bonds is 6. The molecule has 0 saturated carbocycles. The summed E-state index contributed by atoms with van der Waals surface area (Å²) in [5, 5.41) is 7.20. The van der Waals surface area contributed by atoms with Crippen LogP contribution in [0.4, 0.5) is 4.79 Å². The minimum Gasteiger partial charge on any atom is -0.372 e. The molecule has 24 heavy (non-hydrogen) atoms. The van der Waals surface area contributed by atoms with Crippen molar-refractivity contribution in [1.82, 2.24) is 10.6 Å². The van der Waals surface area contributed by atoms with E-state index in [1.807, 2.05) is 32.2 Å². The highest BCUT2D eigenvalue weighted by molar-refractivity contribution is 7.09. The lowest BCUT2D eigenvalue weighted by molar-refractivity contribution is -0.908. The molecule has 1 aromatic rings. The van der Waals surface area contributed by atoms with Crippen LogP contribution in [0.1, 0.15) is 38.5 Å². The van der Waals surface area contributed by atoms with Crippen molar-refractivity contribution in [2.75, 3.05) is 19.7 Å². The molecule has 2 rings (SSSR count). The Hall–Kier alpha value is -1.44. The first-order valence-electron chi connectivity index (χ1n) is 8.41. The van der Waals surface area contributed by atoms with E-state index in [9.17, 15) is 9.59 Å². The third-order valence-electron chi connectivity index (χ3n) is 3.70. The van der Waals surface area contributed by atoms with Gasteiger partial charge in [-0.2, -0.15) is 0 Å². The molecule has 0 bridgehead atoms. The molecule has 0 radical (unpaired) electrons. The third-order valence-corrected chi connectivity index (χ3v) is 4.57. The standard InChI is InChI=1S/C17H27N3O3S/c1-17(2,3)19-16(22)18-15(21)12-20(10-13-6-4-8-23-13)11-14-7-5-9-24-14/h5,7,9,13H,4,6,8,10-12H2,1-3H3,(H2,18,19,21,22)/p+1/t13-/m0/s1. The molecule has 0 aromatic carbocycles. The molecular formula is C17H28N3O3S+. The summed E-state index contributed by atoms with van der Waals surface area (Å²) in [5.74, 6) is -0.263. The maximum atomic E-state index is 12.2. The van der Waals surface area contributed by atoms with Crippen molar-refractivity contribution in [2.45, 2.75) is 51.8 Å². The zero-order chi connectivity index (χ0) is 17.6. The van der Waals surface area contributed by atoms with E-state index in [1.54, 1.807) is 11.3 Å². The van der Waals surface area contributed by atoms with Gasteiger partial charge in [0.05, 0.1) is 4.88 Å². The number of carbonyl (C=O) groups is 2. The second kappa shape index (κ2) is 8.60. The number of carbonyl (C=O) groups excluding carboxylic acids is 2. The predicted octanol–water partition coefficient (Wildman–Crippen LogP) is 0.936. The van der Waals surface area contributed by atoms with Crippen molar-refractivity contribution in [3.8, 4) is 0 Å². The van der Waals surface area contributed by atoms with Gasteiger partial charge in [0.2, 0.25) is 0 Å². The maximum absolute atomic E-state index is 12.2. The van der Waals surface area contributed by atoms with Gasteiger partial charge in [0.25, 0.3) is 5.91 Å². The van der Waals surface area contributed by atoms with Gasteiger partial charge in [-0.3, -0.25) is 10.1 Å². The van der Waals surface area contributed by atoms with Gasteiger partial charge in [0.1, 0.15) is 19.2 Å². The average molecular weight is 354 g/mol. The van der Waals surface area contributed by atoms with E-state index in [-0.39, 0.29) is 24.1 Å². The summed E-state index contributed by atoms with van der Waals surface area (Å²) in [5.41, 5.74) is -0.369. The average Bonchev–Trinajstić information content (AvgIpc) is 3.09. The summed E-state index contributed by atoms with van der Waals surface area (Å²) in [6.45, 7) is 8.25. The number of amides is 3. The monoisotopic (exact) mass is 354 g/mol. The van der Waals surface area contributed by atoms with Gasteiger partial charge in [0, 0.05) is 12.1 Å². The van der Waals surface area contributed by atoms with Crippen LogP contribution < -0.4 is 15.5 Å². The topological polar surface area (TPSA) is 71.9 Å². The molecule has 3 N–H and O–H groups in total. The highest BCUT2D eigenvalue weighted by Crippen LogP contribution is 2.10. The summed E-state index contributed by atoms with van der Waals surface area (Å²) < 4.78 is 5.70. The van der Waals surface area contributed by atoms with Gasteiger partial charge in [-0.25, -0.2) is 4.79 Å². The molecule has 1 aromatic heterocycles. The lowest BCUT2D eigenvalue weighted by Crippen LogP contribution is -3.13. The Kier molecular flexibility index (Phi) is 6.77. The lowest BCUT2D eigenvalue weighted by Gasteiger charge is -2.23. The van der Waals surface area contributed by atoms with E-state index in [4.69, 9.17) is 4.74 Å². The largest absolute Gasteiger partial charge is 0.372 e. The molecule has 1 aliphatic heterocycles. The maximum Gasteiger partial charge on any atom is 0.322 e. The normalized spacial score (nSPS) is 19.0. The van der Waals surface area contributed by atoms with Crippen molar-refractivity contribution in [1.29, 1.82) is 0 Å². The third kappa shape index (κ3) is 6.98. The molecule has 2 atom stereocenters. The number of nitrogens with one attached hydrogen (secondary N) is 3. The lowest BCUT2D eigenvalue weighted by atomic mass is 10.1. The van der Waals surface area contributed by atoms with Crippen LogP contribution >= 0.6 is 11.3 Å². The fourth-order valence-corrected chi connectivity index (χ4v) is 3.54. The van der Waals surface area contributed by atoms with Crippen molar-refractivity contribution < 1.29 is 19.2 Å². The molecule has 2 heterocycles. The second-order valence-corrected chi connectivity index (χ2v) is 8.31. The van der Waals surface area contributed by atoms with E-state index in [0.717, 1.165) is 37.4 Å². The minimum atomic E-state index is -0.444. The van der Waals surface area contributed by atoms with Gasteiger partial charge in [-0.15, -0.1) is 11.3 Å². The van der Waals surface area contributed by atoms with Crippen molar-refractivity contribution in [2.24, 2.45) is 0 Å². The first-order chi connectivity index (χ1) is 11.3. The predicted molar refractivity (Wildman–Crippen MR) is 94.1 cm³/mol. The smallest absolute Gasteiger partial charge is 0.322 e. The highest BCUT2D eigenvalue weighted by atomic mass is 32.1. The van der Waals surface area contributed by atoms with Gasteiger partial charge in [-0.05, 0) is 45.1 Å². The van der Waals surface area contributed by atoms with E-state index in [0.29, 0.717) is 0 Å². The van der Waals surface area contributed by atoms with Gasteiger partial charge >= 0.3 is 6.03 Å². The van der Waals surface area contributed by atoms with E-state index >= 15 is 0 Å². The Morgan fingerprint density at radius 1 is 1.42 bits per heavy atom. The number of hydrogen-bond donors (Lipinski definition) is 3. The Bertz CT molecular complexity index is 534. The molecule has 0 spiro atoms. The molecule has 1 fully saturated rings. The van der Waals surface area contributed by atoms with Crippen LogP contribution in [0, 0.1) is 0 Å². The van der Waals surface area contributed by atoms with Crippen molar-refractivity contribution in [3.05, 3.63) is 22.4 Å². The minimum absolute atomic E-state index is 0.205. The SMILES string of the molecule is CC(C)(C)NC(=O)NC(=O)C[NH+](Cc1cccs1)C[C@@H]1CCCO1. The summed E-state index contributed by atoms with van der Waals surface area (Å²) in [7, 11) is 0. The second-order valence-electron chi connectivity index (χ2n) is 7.27. The molecular weight excluding hydrogens is 326 g/mol. The quantitative estimate of drug-likeness (QED) is 0.712. The number of urea groups is 1. The van der Waals surface area contributed by atoms with Crippen LogP contribution in [0.5, 0.6) is 0 Å². The zero-order valence-corrected chi connectivity index (χ0v) is 15.5. The van der Waals surface area contributed by atoms with Crippen molar-refractivity contribution >= 4 is 23.3 Å². The molecule has 134 valence electrons. The molecule has 1 aliphatic rings. The van der Waals surface area contributed by atoms with E-state index < -0.39 is 6.03 Å². The Labute approximate surface area is 147 Å². The molecule has 7 heteroatoms. The Morgan fingerprint density at radius 2 is 2.21 bits per heavy atom. The molecule has 6 nitrogen and oxygen atoms in total. The molecule has 3 amide bonds. The number of imide groups is 1. The van der Waals surface area contributed by atoms with E-state index in [1.165, 1.54) is 4.88 Å². The van der Waals surface area contributed by atoms with Crippen LogP contribution in [0.25, 0.3) is 0 Å². The van der Waals surface area contributed by atoms with Crippen LogP contribution in [0.15, 0.2) is 17.5 Å². The van der Waals surface area contributed by atoms with Crippen molar-refractivity contribution in [3.63, 3.8) is 0 Å². The molecule has 1 unspecified atom stereocenters. The number of ether oxygens (including phenoxy) is 1. The summed E-state index contributed by atoms with van der Waals surface area (Å²) in [6.07, 6.45) is 2.33. The Balaban J connectivity index is 1.88. The zero-order valence-electron chi connectivity index (χ0n) is 14.7. The van der Waals surface area contributed by atoms with E-state index in [2.05, 4.69) is 16.7 Å². The van der Waals surface area contributed by atoms with Crippen LogP contribution in [0.2, 0.25) is 0 Å². The molecule has 1 saturated heterocycles.